The molecule has 0 heterocycles. The Kier molecular flexibility index (Phi) is 5.99. The molecule has 0 saturated carbocycles. The molecule has 3 nitrogen and oxygen atoms in total. The maximum atomic E-state index is 5.81. The minimum atomic E-state index is 0. The van der Waals surface area contributed by atoms with Crippen LogP contribution in [0.1, 0.15) is 37.3 Å². The Labute approximate surface area is 115 Å². The molecule has 0 spiro atoms. The molecule has 1 aromatic rings. The van der Waals surface area contributed by atoms with Crippen molar-refractivity contribution in [3.63, 3.8) is 0 Å². The van der Waals surface area contributed by atoms with Crippen molar-refractivity contribution in [3.05, 3.63) is 29.3 Å². The lowest BCUT2D eigenvalue weighted by Gasteiger charge is -2.17. The van der Waals surface area contributed by atoms with Crippen LogP contribution in [0.5, 0.6) is 0 Å². The minimum absolute atomic E-state index is 0. The lowest BCUT2D eigenvalue weighted by Crippen LogP contribution is -2.23. The molecule has 0 atom stereocenters. The summed E-state index contributed by atoms with van der Waals surface area (Å²) in [6, 6.07) is 6.52. The van der Waals surface area contributed by atoms with Crippen LogP contribution in [0.15, 0.2) is 23.2 Å². The van der Waals surface area contributed by atoms with Gasteiger partial charge >= 0.3 is 0 Å². The van der Waals surface area contributed by atoms with Gasteiger partial charge in [0, 0.05) is 12.2 Å². The third-order valence-electron chi connectivity index (χ3n) is 3.13. The highest BCUT2D eigenvalue weighted by atomic mass is 35.5. The number of guanidine groups is 1. The Morgan fingerprint density at radius 3 is 2.72 bits per heavy atom. The van der Waals surface area contributed by atoms with Gasteiger partial charge in [-0.15, -0.1) is 12.4 Å². The van der Waals surface area contributed by atoms with E-state index in [1.807, 2.05) is 0 Å². The summed E-state index contributed by atoms with van der Waals surface area (Å²) >= 11 is 0. The third-order valence-corrected chi connectivity index (χ3v) is 3.13. The molecule has 1 aromatic carbocycles. The van der Waals surface area contributed by atoms with Crippen LogP contribution in [0.25, 0.3) is 0 Å². The van der Waals surface area contributed by atoms with E-state index in [9.17, 15) is 0 Å². The smallest absolute Gasteiger partial charge is 0.193 e. The van der Waals surface area contributed by atoms with Gasteiger partial charge in [0.05, 0.1) is 0 Å². The fraction of sp³-hybridized carbons (Fsp3) is 0.500. The van der Waals surface area contributed by atoms with Crippen LogP contribution < -0.4 is 11.1 Å². The molecule has 1 aliphatic rings. The maximum absolute atomic E-state index is 5.81. The van der Waals surface area contributed by atoms with E-state index in [1.165, 1.54) is 36.8 Å². The van der Waals surface area contributed by atoms with Gasteiger partial charge in [-0.05, 0) is 55.4 Å². The molecule has 100 valence electrons. The van der Waals surface area contributed by atoms with E-state index in [0.717, 1.165) is 18.7 Å². The number of hydrogen-bond acceptors (Lipinski definition) is 1. The fourth-order valence-corrected chi connectivity index (χ4v) is 2.23. The van der Waals surface area contributed by atoms with Crippen molar-refractivity contribution in [3.8, 4) is 0 Å². The summed E-state index contributed by atoms with van der Waals surface area (Å²) in [7, 11) is 0. The number of benzene rings is 1. The predicted molar refractivity (Wildman–Crippen MR) is 80.7 cm³/mol. The van der Waals surface area contributed by atoms with Crippen LogP contribution in [-0.2, 0) is 12.8 Å². The molecule has 2 rings (SSSR count). The summed E-state index contributed by atoms with van der Waals surface area (Å²) in [4.78, 5) is 4.23. The summed E-state index contributed by atoms with van der Waals surface area (Å²) in [6.07, 6.45) is 6.05. The summed E-state index contributed by atoms with van der Waals surface area (Å²) < 4.78 is 0. The zero-order valence-electron chi connectivity index (χ0n) is 10.9. The van der Waals surface area contributed by atoms with E-state index < -0.39 is 0 Å². The maximum Gasteiger partial charge on any atom is 0.193 e. The second kappa shape index (κ2) is 7.27. The Morgan fingerprint density at radius 2 is 2.00 bits per heavy atom. The molecule has 0 saturated heterocycles. The summed E-state index contributed by atoms with van der Waals surface area (Å²) in [6.45, 7) is 2.87. The van der Waals surface area contributed by atoms with Gasteiger partial charge in [-0.2, -0.15) is 0 Å². The first-order valence-electron chi connectivity index (χ1n) is 6.48. The topological polar surface area (TPSA) is 50.4 Å². The molecule has 0 radical (unpaired) electrons. The van der Waals surface area contributed by atoms with Crippen LogP contribution >= 0.6 is 12.4 Å². The molecule has 18 heavy (non-hydrogen) atoms. The van der Waals surface area contributed by atoms with Crippen molar-refractivity contribution in [2.45, 2.75) is 39.0 Å². The summed E-state index contributed by atoms with van der Waals surface area (Å²) in [5.41, 5.74) is 9.82. The molecular weight excluding hydrogens is 246 g/mol. The van der Waals surface area contributed by atoms with E-state index in [4.69, 9.17) is 5.73 Å². The predicted octanol–water partition coefficient (Wildman–Crippen LogP) is 3.12. The number of nitrogens with two attached hydrogens (primary N) is 1. The summed E-state index contributed by atoms with van der Waals surface area (Å²) in [5, 5.41) is 3.15. The molecule has 0 aliphatic heterocycles. The van der Waals surface area contributed by atoms with Crippen LogP contribution in [0.4, 0.5) is 5.69 Å². The largest absolute Gasteiger partial charge is 0.370 e. The Morgan fingerprint density at radius 1 is 1.28 bits per heavy atom. The molecule has 4 heteroatoms. The van der Waals surface area contributed by atoms with E-state index >= 15 is 0 Å². The van der Waals surface area contributed by atoms with Crippen molar-refractivity contribution in [2.75, 3.05) is 11.9 Å². The number of aryl methyl sites for hydroxylation is 2. The first-order chi connectivity index (χ1) is 8.29. The number of nitrogens with one attached hydrogen (secondary N) is 1. The highest BCUT2D eigenvalue weighted by Crippen LogP contribution is 2.24. The normalized spacial score (nSPS) is 14.6. The van der Waals surface area contributed by atoms with E-state index in [1.54, 1.807) is 0 Å². The first kappa shape index (κ1) is 14.8. The van der Waals surface area contributed by atoms with Gasteiger partial charge in [-0.1, -0.05) is 13.0 Å². The first-order valence-corrected chi connectivity index (χ1v) is 6.48. The van der Waals surface area contributed by atoms with Gasteiger partial charge in [-0.25, -0.2) is 0 Å². The zero-order valence-corrected chi connectivity index (χ0v) is 11.7. The monoisotopic (exact) mass is 267 g/mol. The number of rotatable bonds is 3. The van der Waals surface area contributed by atoms with Crippen molar-refractivity contribution in [2.24, 2.45) is 10.7 Å². The fourth-order valence-electron chi connectivity index (χ4n) is 2.23. The number of aliphatic imine (C=N–C) groups is 1. The van der Waals surface area contributed by atoms with Gasteiger partial charge in [0.1, 0.15) is 0 Å². The highest BCUT2D eigenvalue weighted by molar-refractivity contribution is 5.92. The van der Waals surface area contributed by atoms with E-state index in [-0.39, 0.29) is 12.4 Å². The molecule has 0 fully saturated rings. The van der Waals surface area contributed by atoms with Crippen molar-refractivity contribution in [1.29, 1.82) is 0 Å². The number of fused-ring (bicyclic) bond motifs is 1. The van der Waals surface area contributed by atoms with Crippen molar-refractivity contribution < 1.29 is 0 Å². The molecule has 1 aliphatic carbocycles. The number of hydrogen-bond donors (Lipinski definition) is 2. The SMILES string of the molecule is CCCN=C(N)Nc1ccc2c(c1)CCCC2.Cl. The van der Waals surface area contributed by atoms with Gasteiger partial charge in [-0.3, -0.25) is 4.99 Å². The average Bonchev–Trinajstić information content (AvgIpc) is 2.36. The average molecular weight is 268 g/mol. The third kappa shape index (κ3) is 3.91. The molecular formula is C14H22ClN3. The molecule has 0 aromatic heterocycles. The molecule has 0 unspecified atom stereocenters. The number of nitrogens with zero attached hydrogens (tertiary/aromatic N) is 1. The van der Waals surface area contributed by atoms with Gasteiger partial charge in [0.25, 0.3) is 0 Å². The van der Waals surface area contributed by atoms with Crippen LogP contribution in [0, 0.1) is 0 Å². The van der Waals surface area contributed by atoms with Gasteiger partial charge < -0.3 is 11.1 Å². The standard InChI is InChI=1S/C14H21N3.ClH/c1-2-9-16-14(15)17-13-8-7-11-5-3-4-6-12(11)10-13;/h7-8,10H,2-6,9H2,1H3,(H3,15,16,17);1H. The number of anilines is 1. The number of halogens is 1. The minimum Gasteiger partial charge on any atom is -0.370 e. The van der Waals surface area contributed by atoms with Gasteiger partial charge in [0.15, 0.2) is 5.96 Å². The van der Waals surface area contributed by atoms with E-state index in [2.05, 4.69) is 35.4 Å². The lowest BCUT2D eigenvalue weighted by molar-refractivity contribution is 0.686. The molecule has 0 bridgehead atoms. The molecule has 0 amide bonds. The van der Waals surface area contributed by atoms with Crippen LogP contribution in [0.3, 0.4) is 0 Å². The highest BCUT2D eigenvalue weighted by Gasteiger charge is 2.09. The quantitative estimate of drug-likeness (QED) is 0.653. The Balaban J connectivity index is 0.00000162. The zero-order chi connectivity index (χ0) is 12.1. The van der Waals surface area contributed by atoms with Crippen LogP contribution in [-0.4, -0.2) is 12.5 Å². The van der Waals surface area contributed by atoms with Crippen molar-refractivity contribution >= 4 is 24.1 Å². The summed E-state index contributed by atoms with van der Waals surface area (Å²) in [5.74, 6) is 0.516. The van der Waals surface area contributed by atoms with Crippen LogP contribution in [0.2, 0.25) is 0 Å². The van der Waals surface area contributed by atoms with Crippen molar-refractivity contribution in [1.82, 2.24) is 0 Å². The Hall–Kier alpha value is -1.22. The Bertz CT molecular complexity index is 416. The second-order valence-corrected chi connectivity index (χ2v) is 4.58. The second-order valence-electron chi connectivity index (χ2n) is 4.58. The van der Waals surface area contributed by atoms with Gasteiger partial charge in [0.2, 0.25) is 0 Å². The van der Waals surface area contributed by atoms with E-state index in [0.29, 0.717) is 5.96 Å². The molecule has 3 N–H and O–H groups in total. The lowest BCUT2D eigenvalue weighted by atomic mass is 9.91.